The van der Waals surface area contributed by atoms with Gasteiger partial charge in [-0.25, -0.2) is 8.42 Å². The molecule has 7 heteroatoms. The predicted molar refractivity (Wildman–Crippen MR) is 119 cm³/mol. The average molecular weight is 425 g/mol. The van der Waals surface area contributed by atoms with Gasteiger partial charge in [-0.15, -0.1) is 0 Å². The molecule has 0 aromatic heterocycles. The summed E-state index contributed by atoms with van der Waals surface area (Å²) in [6.45, 7) is 5.75. The van der Waals surface area contributed by atoms with Gasteiger partial charge in [0.1, 0.15) is 5.75 Å². The van der Waals surface area contributed by atoms with Gasteiger partial charge in [0.15, 0.2) is 0 Å². The molecule has 30 heavy (non-hydrogen) atoms. The van der Waals surface area contributed by atoms with E-state index in [1.807, 2.05) is 32.0 Å². The quantitative estimate of drug-likeness (QED) is 0.602. The maximum Gasteiger partial charge on any atom is 0.261 e. The maximum absolute atomic E-state index is 12.7. The minimum Gasteiger partial charge on any atom is -0.497 e. The Bertz CT molecular complexity index is 1190. The molecule has 1 amide bonds. The molecule has 3 rings (SSSR count). The van der Waals surface area contributed by atoms with E-state index in [2.05, 4.69) is 10.0 Å². The van der Waals surface area contributed by atoms with Gasteiger partial charge in [0.2, 0.25) is 0 Å². The summed E-state index contributed by atoms with van der Waals surface area (Å²) in [5, 5.41) is 2.85. The zero-order valence-electron chi connectivity index (χ0n) is 17.3. The molecule has 0 atom stereocenters. The molecule has 0 heterocycles. The second kappa shape index (κ2) is 8.59. The average Bonchev–Trinajstić information content (AvgIpc) is 2.72. The third kappa shape index (κ3) is 4.80. The van der Waals surface area contributed by atoms with Crippen LogP contribution < -0.4 is 14.8 Å². The summed E-state index contributed by atoms with van der Waals surface area (Å²) >= 11 is 0. The summed E-state index contributed by atoms with van der Waals surface area (Å²) in [4.78, 5) is 12.8. The Morgan fingerprint density at radius 2 is 1.50 bits per heavy atom. The van der Waals surface area contributed by atoms with Crippen molar-refractivity contribution >= 4 is 27.3 Å². The molecule has 0 unspecified atom stereocenters. The number of hydrogen-bond donors (Lipinski definition) is 2. The number of methoxy groups -OCH3 is 1. The van der Waals surface area contributed by atoms with Crippen LogP contribution in [0.2, 0.25) is 0 Å². The number of nitrogens with one attached hydrogen (secondary N) is 2. The van der Waals surface area contributed by atoms with E-state index >= 15 is 0 Å². The lowest BCUT2D eigenvalue weighted by Gasteiger charge is -2.13. The zero-order chi connectivity index (χ0) is 21.9. The number of rotatable bonds is 6. The molecule has 156 valence electrons. The normalized spacial score (nSPS) is 11.1. The number of sulfonamides is 1. The van der Waals surface area contributed by atoms with Crippen LogP contribution >= 0.6 is 0 Å². The molecule has 0 fully saturated rings. The van der Waals surface area contributed by atoms with E-state index in [-0.39, 0.29) is 10.8 Å². The molecule has 0 bridgehead atoms. The number of amides is 1. The van der Waals surface area contributed by atoms with Gasteiger partial charge in [-0.05, 0) is 86.0 Å². The first-order valence-electron chi connectivity index (χ1n) is 9.36. The topological polar surface area (TPSA) is 84.5 Å². The van der Waals surface area contributed by atoms with E-state index in [0.29, 0.717) is 28.3 Å². The molecule has 0 radical (unpaired) electrons. The third-order valence-electron chi connectivity index (χ3n) is 4.88. The van der Waals surface area contributed by atoms with E-state index < -0.39 is 10.0 Å². The molecular weight excluding hydrogens is 400 g/mol. The molecule has 0 saturated heterocycles. The molecule has 0 aliphatic heterocycles. The van der Waals surface area contributed by atoms with Gasteiger partial charge < -0.3 is 10.1 Å². The van der Waals surface area contributed by atoms with Crippen LogP contribution in [-0.2, 0) is 10.0 Å². The highest BCUT2D eigenvalue weighted by molar-refractivity contribution is 7.92. The van der Waals surface area contributed by atoms with Crippen LogP contribution in [0.5, 0.6) is 5.75 Å². The fourth-order valence-corrected chi connectivity index (χ4v) is 3.98. The van der Waals surface area contributed by atoms with Crippen molar-refractivity contribution in [1.29, 1.82) is 0 Å². The molecule has 0 spiro atoms. The molecule has 3 aromatic carbocycles. The SMILES string of the molecule is COc1ccc(S(=O)(=O)Nc2cc(C(=O)Nc3ccc(C)c(C)c3)ccc2C)cc1. The molecule has 0 aliphatic rings. The summed E-state index contributed by atoms with van der Waals surface area (Å²) < 4.78 is 33.1. The number of anilines is 2. The second-order valence-electron chi connectivity index (χ2n) is 7.06. The number of carbonyl (C=O) groups excluding carboxylic acids is 1. The van der Waals surface area contributed by atoms with Crippen molar-refractivity contribution in [1.82, 2.24) is 0 Å². The Kier molecular flexibility index (Phi) is 6.12. The van der Waals surface area contributed by atoms with Gasteiger partial charge in [-0.2, -0.15) is 0 Å². The van der Waals surface area contributed by atoms with Crippen molar-refractivity contribution in [2.24, 2.45) is 0 Å². The van der Waals surface area contributed by atoms with E-state index in [1.54, 1.807) is 31.2 Å². The highest BCUT2D eigenvalue weighted by atomic mass is 32.2. The van der Waals surface area contributed by atoms with Crippen molar-refractivity contribution in [3.8, 4) is 5.75 Å². The summed E-state index contributed by atoms with van der Waals surface area (Å²) in [7, 11) is -2.30. The molecular formula is C23H24N2O4S. The number of benzene rings is 3. The van der Waals surface area contributed by atoms with Crippen molar-refractivity contribution < 1.29 is 17.9 Å². The van der Waals surface area contributed by atoms with Crippen molar-refractivity contribution in [3.63, 3.8) is 0 Å². The number of aryl methyl sites for hydroxylation is 3. The highest BCUT2D eigenvalue weighted by Gasteiger charge is 2.17. The Balaban J connectivity index is 1.83. The summed E-state index contributed by atoms with van der Waals surface area (Å²) in [6, 6.07) is 16.7. The van der Waals surface area contributed by atoms with Crippen LogP contribution in [0.3, 0.4) is 0 Å². The fraction of sp³-hybridized carbons (Fsp3) is 0.174. The Hall–Kier alpha value is -3.32. The van der Waals surface area contributed by atoms with Crippen molar-refractivity contribution in [2.75, 3.05) is 17.1 Å². The Morgan fingerprint density at radius 1 is 0.833 bits per heavy atom. The smallest absolute Gasteiger partial charge is 0.261 e. The summed E-state index contributed by atoms with van der Waals surface area (Å²) in [5.41, 5.74) is 4.30. The molecule has 0 aliphatic carbocycles. The Labute approximate surface area is 177 Å². The standard InChI is InChI=1S/C23H24N2O4S/c1-15-6-8-19(13-17(15)3)24-23(26)18-7-5-16(2)22(14-18)25-30(27,28)21-11-9-20(29-4)10-12-21/h5-14,25H,1-4H3,(H,24,26). The van der Waals surface area contributed by atoms with Crippen LogP contribution in [0.25, 0.3) is 0 Å². The highest BCUT2D eigenvalue weighted by Crippen LogP contribution is 2.23. The van der Waals surface area contributed by atoms with Crippen LogP contribution in [0, 0.1) is 20.8 Å². The van der Waals surface area contributed by atoms with Crippen LogP contribution in [-0.4, -0.2) is 21.4 Å². The van der Waals surface area contributed by atoms with Crippen LogP contribution in [0.1, 0.15) is 27.0 Å². The molecule has 3 aromatic rings. The third-order valence-corrected chi connectivity index (χ3v) is 6.26. The molecule has 2 N–H and O–H groups in total. The van der Waals surface area contributed by atoms with E-state index in [4.69, 9.17) is 4.74 Å². The first kappa shape index (κ1) is 21.4. The van der Waals surface area contributed by atoms with E-state index in [1.165, 1.54) is 25.3 Å². The number of carbonyl (C=O) groups is 1. The lowest BCUT2D eigenvalue weighted by atomic mass is 10.1. The van der Waals surface area contributed by atoms with E-state index in [0.717, 1.165) is 11.1 Å². The first-order chi connectivity index (χ1) is 14.2. The van der Waals surface area contributed by atoms with Crippen LogP contribution in [0.4, 0.5) is 11.4 Å². The monoisotopic (exact) mass is 424 g/mol. The lowest BCUT2D eigenvalue weighted by molar-refractivity contribution is 0.102. The zero-order valence-corrected chi connectivity index (χ0v) is 18.1. The van der Waals surface area contributed by atoms with Crippen molar-refractivity contribution in [2.45, 2.75) is 25.7 Å². The van der Waals surface area contributed by atoms with Gasteiger partial charge in [0, 0.05) is 11.3 Å². The van der Waals surface area contributed by atoms with Gasteiger partial charge in [0.05, 0.1) is 17.7 Å². The maximum atomic E-state index is 12.7. The minimum absolute atomic E-state index is 0.104. The Morgan fingerprint density at radius 3 is 2.13 bits per heavy atom. The number of ether oxygens (including phenoxy) is 1. The lowest BCUT2D eigenvalue weighted by Crippen LogP contribution is -2.16. The predicted octanol–water partition coefficient (Wildman–Crippen LogP) is 4.67. The second-order valence-corrected chi connectivity index (χ2v) is 8.75. The van der Waals surface area contributed by atoms with Crippen molar-refractivity contribution in [3.05, 3.63) is 82.9 Å². The minimum atomic E-state index is -3.81. The van der Waals surface area contributed by atoms with Gasteiger partial charge in [-0.1, -0.05) is 12.1 Å². The fourth-order valence-electron chi connectivity index (χ4n) is 2.85. The number of hydrogen-bond acceptors (Lipinski definition) is 4. The molecule has 0 saturated carbocycles. The summed E-state index contributed by atoms with van der Waals surface area (Å²) in [6.07, 6.45) is 0. The van der Waals surface area contributed by atoms with Gasteiger partial charge in [-0.3, -0.25) is 9.52 Å². The first-order valence-corrected chi connectivity index (χ1v) is 10.8. The van der Waals surface area contributed by atoms with Crippen LogP contribution in [0.15, 0.2) is 65.6 Å². The summed E-state index contributed by atoms with van der Waals surface area (Å²) in [5.74, 6) is 0.248. The largest absolute Gasteiger partial charge is 0.497 e. The van der Waals surface area contributed by atoms with E-state index in [9.17, 15) is 13.2 Å². The molecule has 6 nitrogen and oxygen atoms in total. The van der Waals surface area contributed by atoms with Gasteiger partial charge >= 0.3 is 0 Å². The van der Waals surface area contributed by atoms with Gasteiger partial charge in [0.25, 0.3) is 15.9 Å².